The fraction of sp³-hybridized carbons (Fsp3) is 0.778. The molecule has 1 aliphatic heterocycles. The zero-order valence-electron chi connectivity index (χ0n) is 25.7. The van der Waals surface area contributed by atoms with E-state index in [0.29, 0.717) is 37.2 Å². The number of anilines is 1. The van der Waals surface area contributed by atoms with Crippen molar-refractivity contribution < 1.29 is 37.2 Å². The molecule has 0 aromatic carbocycles. The van der Waals surface area contributed by atoms with E-state index in [9.17, 15) is 28.4 Å². The Balaban J connectivity index is 1.94. The van der Waals surface area contributed by atoms with Crippen molar-refractivity contribution in [3.8, 4) is 0 Å². The molecule has 43 heavy (non-hydrogen) atoms. The van der Waals surface area contributed by atoms with Crippen molar-refractivity contribution in [3.05, 3.63) is 22.7 Å². The molecule has 1 aromatic heterocycles. The third-order valence-electron chi connectivity index (χ3n) is 6.08. The highest BCUT2D eigenvalue weighted by Gasteiger charge is 2.46. The van der Waals surface area contributed by atoms with E-state index in [-0.39, 0.29) is 35.9 Å². The second kappa shape index (κ2) is 17.1. The van der Waals surface area contributed by atoms with Crippen molar-refractivity contribution in [2.24, 2.45) is 10.8 Å². The predicted molar refractivity (Wildman–Crippen MR) is 172 cm³/mol. The van der Waals surface area contributed by atoms with Crippen molar-refractivity contribution in [2.75, 3.05) is 37.1 Å². The number of nitrogens with zero attached hydrogens (tertiary/aromatic N) is 2. The van der Waals surface area contributed by atoms with Crippen LogP contribution in [0.2, 0.25) is 0 Å². The molecule has 1 fully saturated rings. The number of aliphatic hydroxyl groups excluding tert-OH is 1. The number of carbonyl (C=O) groups is 2. The molecule has 246 valence electrons. The third kappa shape index (κ3) is 12.8. The van der Waals surface area contributed by atoms with Crippen LogP contribution in [-0.2, 0) is 27.7 Å². The number of rotatable bonds is 16. The van der Waals surface area contributed by atoms with E-state index >= 15 is 0 Å². The first-order chi connectivity index (χ1) is 19.9. The molecular formula is C27H45FN3O8PS3. The van der Waals surface area contributed by atoms with Gasteiger partial charge in [-0.2, -0.15) is 4.98 Å². The van der Waals surface area contributed by atoms with Crippen LogP contribution in [-0.4, -0.2) is 73.7 Å². The number of thioether (sulfide) groups is 3. The lowest BCUT2D eigenvalue weighted by Gasteiger charge is -2.21. The summed E-state index contributed by atoms with van der Waals surface area (Å²) in [7, 11) is -4.11. The number of phosphoric ester groups is 1. The first-order valence-electron chi connectivity index (χ1n) is 14.1. The van der Waals surface area contributed by atoms with Gasteiger partial charge in [0.25, 0.3) is 0 Å². The van der Waals surface area contributed by atoms with Gasteiger partial charge in [-0.05, 0) is 31.7 Å². The number of aromatic nitrogens is 2. The highest BCUT2D eigenvalue weighted by atomic mass is 32.2. The first kappa shape index (κ1) is 38.3. The molecule has 4 atom stereocenters. The lowest BCUT2D eigenvalue weighted by atomic mass is 9.99. The third-order valence-corrected chi connectivity index (χ3v) is 11.8. The molecule has 0 aliphatic carbocycles. The topological polar surface area (TPSA) is 160 Å². The normalized spacial score (nSPS) is 21.3. The van der Waals surface area contributed by atoms with Gasteiger partial charge in [0.1, 0.15) is 17.3 Å². The van der Waals surface area contributed by atoms with Gasteiger partial charge in [0.2, 0.25) is 0 Å². The lowest BCUT2D eigenvalue weighted by molar-refractivity contribution is -0.118. The van der Waals surface area contributed by atoms with Crippen molar-refractivity contribution in [2.45, 2.75) is 90.1 Å². The quantitative estimate of drug-likeness (QED) is 0.167. The fourth-order valence-corrected chi connectivity index (χ4v) is 8.21. The second-order valence-corrected chi connectivity index (χ2v) is 17.3. The van der Waals surface area contributed by atoms with Crippen LogP contribution >= 0.6 is 43.1 Å². The number of hydrogen-bond donors (Lipinski definition) is 2. The van der Waals surface area contributed by atoms with Crippen LogP contribution in [0.15, 0.2) is 17.1 Å². The van der Waals surface area contributed by atoms with E-state index in [0.717, 1.165) is 16.3 Å². The molecule has 2 heterocycles. The Bertz CT molecular complexity index is 1140. The highest BCUT2D eigenvalue weighted by Crippen LogP contribution is 2.52. The molecule has 1 aliphatic rings. The summed E-state index contributed by atoms with van der Waals surface area (Å²) in [5, 5.41) is 8.74. The van der Waals surface area contributed by atoms with Gasteiger partial charge < -0.3 is 10.8 Å². The summed E-state index contributed by atoms with van der Waals surface area (Å²) in [6.45, 7) is 10.9. The van der Waals surface area contributed by atoms with Gasteiger partial charge in [0, 0.05) is 28.5 Å². The molecule has 0 bridgehead atoms. The fourth-order valence-electron chi connectivity index (χ4n) is 3.49. The summed E-state index contributed by atoms with van der Waals surface area (Å²) in [5.74, 6) is 1.16. The van der Waals surface area contributed by atoms with Crippen LogP contribution in [0.4, 0.5) is 10.2 Å². The van der Waals surface area contributed by atoms with Gasteiger partial charge in [0.05, 0.1) is 25.1 Å². The minimum absolute atomic E-state index is 0.00545. The maximum Gasteiger partial charge on any atom is 0.474 e. The van der Waals surface area contributed by atoms with Crippen molar-refractivity contribution in [1.29, 1.82) is 0 Å². The molecular weight excluding hydrogens is 640 g/mol. The highest BCUT2D eigenvalue weighted by molar-refractivity contribution is 8.14. The summed E-state index contributed by atoms with van der Waals surface area (Å²) in [4.78, 5) is 40.0. The van der Waals surface area contributed by atoms with E-state index in [1.54, 1.807) is 0 Å². The average Bonchev–Trinajstić information content (AvgIpc) is 3.18. The van der Waals surface area contributed by atoms with Crippen LogP contribution in [0.5, 0.6) is 0 Å². The number of phosphoric acid groups is 1. The van der Waals surface area contributed by atoms with Crippen LogP contribution in [0.25, 0.3) is 0 Å². The van der Waals surface area contributed by atoms with Crippen molar-refractivity contribution in [3.63, 3.8) is 0 Å². The van der Waals surface area contributed by atoms with Gasteiger partial charge in [0.15, 0.2) is 16.4 Å². The molecule has 0 radical (unpaired) electrons. The second-order valence-electron chi connectivity index (χ2n) is 12.1. The number of aliphatic hydroxyl groups is 1. The van der Waals surface area contributed by atoms with Crippen molar-refractivity contribution >= 4 is 59.2 Å². The molecule has 0 spiro atoms. The summed E-state index contributed by atoms with van der Waals surface area (Å²) in [5.41, 5.74) is 3.90. The number of hydrogen-bond acceptors (Lipinski definition) is 13. The van der Waals surface area contributed by atoms with Crippen LogP contribution in [0.1, 0.15) is 72.6 Å². The molecule has 2 rings (SSSR count). The van der Waals surface area contributed by atoms with Gasteiger partial charge in [-0.3, -0.25) is 27.7 Å². The molecule has 1 aromatic rings. The summed E-state index contributed by atoms with van der Waals surface area (Å²) in [6.07, 6.45) is 0.246. The van der Waals surface area contributed by atoms with E-state index in [1.807, 2.05) is 41.5 Å². The SMILES string of the molecule is CC(C)(C)C(=O)SCCCCOP(=O)(OCCCCSC(=O)C(C)(C)C)OC[C@H]1S[C@@H](n2ccc(N)nc2=O)[C@@H](F)[C@@H]1O. The Morgan fingerprint density at radius 3 is 2.00 bits per heavy atom. The monoisotopic (exact) mass is 685 g/mol. The minimum atomic E-state index is -4.11. The Morgan fingerprint density at radius 1 is 1.02 bits per heavy atom. The van der Waals surface area contributed by atoms with E-state index in [2.05, 4.69) is 4.98 Å². The first-order valence-corrected chi connectivity index (χ1v) is 18.5. The molecule has 0 unspecified atom stereocenters. The van der Waals surface area contributed by atoms with Crippen LogP contribution < -0.4 is 11.4 Å². The molecule has 1 saturated heterocycles. The number of nitrogen functional groups attached to an aromatic ring is 1. The van der Waals surface area contributed by atoms with Gasteiger partial charge in [-0.15, -0.1) is 11.8 Å². The minimum Gasteiger partial charge on any atom is -0.389 e. The predicted octanol–water partition coefficient (Wildman–Crippen LogP) is 5.47. The van der Waals surface area contributed by atoms with Crippen molar-refractivity contribution in [1.82, 2.24) is 9.55 Å². The maximum absolute atomic E-state index is 15.0. The van der Waals surface area contributed by atoms with E-state index in [1.165, 1.54) is 35.8 Å². The summed E-state index contributed by atoms with van der Waals surface area (Å²) in [6, 6.07) is 1.36. The molecule has 0 amide bonds. The van der Waals surface area contributed by atoms with Gasteiger partial charge in [-0.25, -0.2) is 13.8 Å². The van der Waals surface area contributed by atoms with Gasteiger partial charge >= 0.3 is 13.5 Å². The van der Waals surface area contributed by atoms with E-state index < -0.39 is 47.2 Å². The van der Waals surface area contributed by atoms with Crippen LogP contribution in [0, 0.1) is 10.8 Å². The summed E-state index contributed by atoms with van der Waals surface area (Å²) >= 11 is 3.43. The lowest BCUT2D eigenvalue weighted by Crippen LogP contribution is -2.33. The molecule has 16 heteroatoms. The largest absolute Gasteiger partial charge is 0.474 e. The summed E-state index contributed by atoms with van der Waals surface area (Å²) < 4.78 is 46.2. The molecule has 11 nitrogen and oxygen atoms in total. The Labute approximate surface area is 266 Å². The number of carbonyl (C=O) groups excluding carboxylic acids is 2. The average molecular weight is 686 g/mol. The number of unbranched alkanes of at least 4 members (excludes halogenated alkanes) is 2. The maximum atomic E-state index is 15.0. The zero-order valence-corrected chi connectivity index (χ0v) is 29.0. The Morgan fingerprint density at radius 2 is 1.53 bits per heavy atom. The number of nitrogens with two attached hydrogens (primary N) is 1. The standard InChI is InChI=1S/C27H45FN3O8PS3/c1-26(2,3)23(33)41-15-9-7-13-37-40(36,38-14-8-10-16-42-24(34)27(4,5)6)39-17-18-21(32)20(28)22(43-18)31-12-11-19(29)30-25(31)35/h11-12,18,20-22,32H,7-10,13-17H2,1-6H3,(H2,29,30,35)/t18-,20+,21-,22-/m1/s1. The van der Waals surface area contributed by atoms with Crippen LogP contribution in [0.3, 0.4) is 0 Å². The Hall–Kier alpha value is -0.930. The molecule has 0 saturated carbocycles. The Kier molecular flexibility index (Phi) is 15.2. The smallest absolute Gasteiger partial charge is 0.389 e. The number of halogens is 1. The number of alkyl halides is 1. The van der Waals surface area contributed by atoms with Gasteiger partial charge in [-0.1, -0.05) is 65.1 Å². The molecule has 3 N–H and O–H groups in total. The van der Waals surface area contributed by atoms with E-state index in [4.69, 9.17) is 19.3 Å². The zero-order chi connectivity index (χ0) is 32.4.